The number of carbonyl (C=O) groups excluding carboxylic acids is 1. The van der Waals surface area contributed by atoms with Crippen molar-refractivity contribution in [2.24, 2.45) is 7.05 Å². The number of methoxy groups -OCH3 is 1. The molecule has 1 N–H and O–H groups in total. The minimum absolute atomic E-state index is 0.218. The molecule has 0 bridgehead atoms. The number of rotatable bonds is 8. The van der Waals surface area contributed by atoms with E-state index in [0.717, 1.165) is 21.8 Å². The molecule has 0 fully saturated rings. The summed E-state index contributed by atoms with van der Waals surface area (Å²) >= 11 is 1.62. The van der Waals surface area contributed by atoms with Crippen LogP contribution in [0.3, 0.4) is 0 Å². The highest BCUT2D eigenvalue weighted by Crippen LogP contribution is 2.26. The zero-order valence-electron chi connectivity index (χ0n) is 17.6. The molecule has 4 rings (SSSR count). The Labute approximate surface area is 183 Å². The van der Waals surface area contributed by atoms with Crippen molar-refractivity contribution in [1.29, 1.82) is 0 Å². The molecule has 31 heavy (non-hydrogen) atoms. The number of aromatic nitrogens is 6. The van der Waals surface area contributed by atoms with Crippen molar-refractivity contribution in [2.45, 2.75) is 19.9 Å². The zero-order valence-corrected chi connectivity index (χ0v) is 18.4. The summed E-state index contributed by atoms with van der Waals surface area (Å²) in [6, 6.07) is 4.01. The minimum atomic E-state index is -0.218. The molecule has 0 aliphatic rings. The molecular weight excluding hydrogens is 414 g/mol. The van der Waals surface area contributed by atoms with E-state index >= 15 is 0 Å². The largest absolute Gasteiger partial charge is 0.384 e. The highest BCUT2D eigenvalue weighted by molar-refractivity contribution is 7.13. The van der Waals surface area contributed by atoms with Gasteiger partial charge >= 0.3 is 0 Å². The van der Waals surface area contributed by atoms with E-state index in [1.807, 2.05) is 36.1 Å². The van der Waals surface area contributed by atoms with Crippen LogP contribution in [0.4, 0.5) is 0 Å². The van der Waals surface area contributed by atoms with Crippen molar-refractivity contribution < 1.29 is 9.53 Å². The van der Waals surface area contributed by atoms with Gasteiger partial charge in [-0.1, -0.05) is 6.07 Å². The molecule has 4 aromatic heterocycles. The predicted octanol–water partition coefficient (Wildman–Crippen LogP) is 2.55. The molecule has 0 aromatic carbocycles. The van der Waals surface area contributed by atoms with Crippen molar-refractivity contribution >= 4 is 17.2 Å². The topological polar surface area (TPSA) is 99.8 Å². The number of nitrogens with one attached hydrogen (secondary N) is 1. The number of hydrogen-bond donors (Lipinski definition) is 1. The monoisotopic (exact) mass is 437 g/mol. The highest BCUT2D eigenvalue weighted by atomic mass is 32.1. The summed E-state index contributed by atoms with van der Waals surface area (Å²) in [5.74, 6) is 0.204. The lowest BCUT2D eigenvalue weighted by Crippen LogP contribution is -2.25. The van der Waals surface area contributed by atoms with E-state index in [1.54, 1.807) is 48.0 Å². The maximum absolute atomic E-state index is 12.9. The highest BCUT2D eigenvalue weighted by Gasteiger charge is 2.20. The molecule has 160 valence electrons. The van der Waals surface area contributed by atoms with Gasteiger partial charge in [0.2, 0.25) is 0 Å². The van der Waals surface area contributed by atoms with Crippen LogP contribution in [0.15, 0.2) is 42.4 Å². The summed E-state index contributed by atoms with van der Waals surface area (Å²) in [5.41, 5.74) is 3.91. The molecule has 0 spiro atoms. The molecule has 10 heteroatoms. The first-order valence-electron chi connectivity index (χ1n) is 9.75. The Kier molecular flexibility index (Phi) is 6.19. The second kappa shape index (κ2) is 9.19. The Morgan fingerprint density at radius 3 is 2.87 bits per heavy atom. The number of carbonyl (C=O) groups is 1. The third kappa shape index (κ3) is 4.39. The van der Waals surface area contributed by atoms with Gasteiger partial charge in [0.1, 0.15) is 0 Å². The molecule has 4 heterocycles. The van der Waals surface area contributed by atoms with Crippen LogP contribution in [-0.2, 0) is 24.8 Å². The molecule has 0 unspecified atom stereocenters. The number of imidazole rings is 1. The molecule has 0 aliphatic carbocycles. The van der Waals surface area contributed by atoms with Crippen LogP contribution in [0.1, 0.15) is 27.3 Å². The van der Waals surface area contributed by atoms with Gasteiger partial charge in [-0.25, -0.2) is 19.6 Å². The Bertz CT molecular complexity index is 1180. The van der Waals surface area contributed by atoms with E-state index < -0.39 is 0 Å². The van der Waals surface area contributed by atoms with E-state index in [-0.39, 0.29) is 5.91 Å². The number of hydrogen-bond acceptors (Lipinski definition) is 7. The van der Waals surface area contributed by atoms with Gasteiger partial charge in [-0.3, -0.25) is 4.79 Å². The Hall–Kier alpha value is -3.37. The van der Waals surface area contributed by atoms with E-state index in [2.05, 4.69) is 20.4 Å². The van der Waals surface area contributed by atoms with Gasteiger partial charge in [0.15, 0.2) is 0 Å². The molecule has 0 radical (unpaired) electrons. The Balaban J connectivity index is 1.66. The third-order valence-corrected chi connectivity index (χ3v) is 5.78. The normalized spacial score (nSPS) is 11.1. The van der Waals surface area contributed by atoms with Crippen LogP contribution in [-0.4, -0.2) is 48.9 Å². The van der Waals surface area contributed by atoms with Crippen molar-refractivity contribution in [3.63, 3.8) is 0 Å². The maximum atomic E-state index is 12.9. The van der Waals surface area contributed by atoms with Crippen LogP contribution in [0.25, 0.3) is 16.5 Å². The van der Waals surface area contributed by atoms with Gasteiger partial charge in [0.25, 0.3) is 11.9 Å². The lowest BCUT2D eigenvalue weighted by molar-refractivity contribution is 0.0948. The van der Waals surface area contributed by atoms with Gasteiger partial charge in [-0.15, -0.1) is 11.3 Å². The predicted molar refractivity (Wildman–Crippen MR) is 117 cm³/mol. The fourth-order valence-electron chi connectivity index (χ4n) is 3.19. The molecule has 9 nitrogen and oxygen atoms in total. The van der Waals surface area contributed by atoms with Crippen molar-refractivity contribution in [3.8, 4) is 16.5 Å². The average molecular weight is 438 g/mol. The van der Waals surface area contributed by atoms with Crippen LogP contribution in [0, 0.1) is 6.92 Å². The number of amides is 1. The Morgan fingerprint density at radius 1 is 1.29 bits per heavy atom. The van der Waals surface area contributed by atoms with E-state index in [0.29, 0.717) is 36.8 Å². The first-order valence-corrected chi connectivity index (χ1v) is 10.6. The number of thiophene rings is 1. The Morgan fingerprint density at radius 2 is 2.16 bits per heavy atom. The standard InChI is InChI=1S/C21H23N7O2S/c1-14-9-24-21(26-19(14)18-5-4-8-31-18)28-17(6-7-30-3)16(12-25-28)20(29)23-11-15-10-22-13-27(15)2/h4-5,8-10,12-13H,6-7,11H2,1-3H3,(H,23,29). The van der Waals surface area contributed by atoms with Crippen LogP contribution in [0.2, 0.25) is 0 Å². The number of ether oxygens (including phenoxy) is 1. The lowest BCUT2D eigenvalue weighted by atomic mass is 10.2. The van der Waals surface area contributed by atoms with Gasteiger partial charge in [0.05, 0.1) is 53.2 Å². The summed E-state index contributed by atoms with van der Waals surface area (Å²) in [6.07, 6.45) is 7.25. The summed E-state index contributed by atoms with van der Waals surface area (Å²) in [7, 11) is 3.51. The van der Waals surface area contributed by atoms with E-state index in [1.165, 1.54) is 0 Å². The second-order valence-corrected chi connectivity index (χ2v) is 7.96. The van der Waals surface area contributed by atoms with Crippen molar-refractivity contribution in [2.75, 3.05) is 13.7 Å². The molecule has 0 atom stereocenters. The zero-order chi connectivity index (χ0) is 21.8. The summed E-state index contributed by atoms with van der Waals surface area (Å²) in [4.78, 5) is 27.3. The van der Waals surface area contributed by atoms with Crippen molar-refractivity contribution in [1.82, 2.24) is 34.6 Å². The molecule has 0 aliphatic heterocycles. The van der Waals surface area contributed by atoms with Crippen LogP contribution < -0.4 is 5.32 Å². The summed E-state index contributed by atoms with van der Waals surface area (Å²) in [5, 5.41) is 9.38. The van der Waals surface area contributed by atoms with E-state index in [9.17, 15) is 4.79 Å². The average Bonchev–Trinajstić information content (AvgIpc) is 3.52. The SMILES string of the molecule is COCCc1c(C(=O)NCc2cncn2C)cnn1-c1ncc(C)c(-c2cccs2)n1. The lowest BCUT2D eigenvalue weighted by Gasteiger charge is -2.11. The van der Waals surface area contributed by atoms with Gasteiger partial charge < -0.3 is 14.6 Å². The van der Waals surface area contributed by atoms with Crippen molar-refractivity contribution in [3.05, 3.63) is 64.9 Å². The number of aryl methyl sites for hydroxylation is 2. The van der Waals surface area contributed by atoms with Gasteiger partial charge in [0, 0.05) is 33.0 Å². The van der Waals surface area contributed by atoms with E-state index in [4.69, 9.17) is 9.72 Å². The first-order chi connectivity index (χ1) is 15.1. The summed E-state index contributed by atoms with van der Waals surface area (Å²) < 4.78 is 8.74. The number of nitrogens with zero attached hydrogens (tertiary/aromatic N) is 6. The molecule has 0 saturated carbocycles. The van der Waals surface area contributed by atoms with Gasteiger partial charge in [-0.2, -0.15) is 5.10 Å². The third-order valence-electron chi connectivity index (χ3n) is 4.91. The molecule has 0 saturated heterocycles. The first kappa shape index (κ1) is 20.9. The molecule has 4 aromatic rings. The minimum Gasteiger partial charge on any atom is -0.384 e. The summed E-state index contributed by atoms with van der Waals surface area (Å²) in [6.45, 7) is 2.79. The van der Waals surface area contributed by atoms with Gasteiger partial charge in [-0.05, 0) is 23.9 Å². The second-order valence-electron chi connectivity index (χ2n) is 7.02. The molecular formula is C21H23N7O2S. The quantitative estimate of drug-likeness (QED) is 0.455. The smallest absolute Gasteiger partial charge is 0.255 e. The molecule has 1 amide bonds. The van der Waals surface area contributed by atoms with Crippen LogP contribution in [0.5, 0.6) is 0 Å². The maximum Gasteiger partial charge on any atom is 0.255 e. The van der Waals surface area contributed by atoms with Crippen LogP contribution >= 0.6 is 11.3 Å². The fourth-order valence-corrected chi connectivity index (χ4v) is 3.97. The fraction of sp³-hybridized carbons (Fsp3) is 0.286.